The molecule has 2 atom stereocenters. The summed E-state index contributed by atoms with van der Waals surface area (Å²) in [5.41, 5.74) is 0. The maximum atomic E-state index is 10.1. The third kappa shape index (κ3) is 6.13. The second-order valence-electron chi connectivity index (χ2n) is 7.08. The van der Waals surface area contributed by atoms with Gasteiger partial charge < -0.3 is 10.4 Å². The second kappa shape index (κ2) is 9.78. The Labute approximate surface area is 125 Å². The van der Waals surface area contributed by atoms with E-state index in [4.69, 9.17) is 0 Å². The maximum Gasteiger partial charge on any atom is 0.0693 e. The predicted octanol–water partition coefficient (Wildman–Crippen LogP) is 4.55. The molecule has 0 amide bonds. The molecule has 2 aliphatic carbocycles. The van der Waals surface area contributed by atoms with Crippen LogP contribution in [0.25, 0.3) is 0 Å². The van der Waals surface area contributed by atoms with Gasteiger partial charge in [-0.15, -0.1) is 0 Å². The first-order chi connectivity index (χ1) is 9.86. The molecule has 20 heavy (non-hydrogen) atoms. The Kier molecular flexibility index (Phi) is 7.97. The van der Waals surface area contributed by atoms with E-state index in [0.29, 0.717) is 12.1 Å². The summed E-state index contributed by atoms with van der Waals surface area (Å²) in [7, 11) is 0. The van der Waals surface area contributed by atoms with Crippen LogP contribution in [0.15, 0.2) is 0 Å². The molecule has 0 radical (unpaired) electrons. The lowest BCUT2D eigenvalue weighted by atomic mass is 9.90. The first kappa shape index (κ1) is 16.3. The number of aliphatic hydroxyl groups is 1. The Morgan fingerprint density at radius 3 is 1.55 bits per heavy atom. The standard InChI is InChI=1S/C18H35NO/c20-18-15-11-10-14-17(18)19-16-12-8-6-4-2-1-3-5-7-9-13-16/h16-20H,1-15H2/t17-,18-/m0/s1. The summed E-state index contributed by atoms with van der Waals surface area (Å²) in [6.07, 6.45) is 20.0. The molecule has 2 aliphatic rings. The van der Waals surface area contributed by atoms with Crippen molar-refractivity contribution in [3.05, 3.63) is 0 Å². The van der Waals surface area contributed by atoms with E-state index < -0.39 is 0 Å². The van der Waals surface area contributed by atoms with Crippen LogP contribution in [-0.4, -0.2) is 23.3 Å². The van der Waals surface area contributed by atoms with E-state index in [1.807, 2.05) is 0 Å². The molecule has 0 bridgehead atoms. The van der Waals surface area contributed by atoms with Crippen molar-refractivity contribution in [2.75, 3.05) is 0 Å². The van der Waals surface area contributed by atoms with E-state index in [1.165, 1.54) is 89.9 Å². The van der Waals surface area contributed by atoms with Crippen LogP contribution in [0.3, 0.4) is 0 Å². The van der Waals surface area contributed by atoms with Crippen LogP contribution in [0.1, 0.15) is 96.3 Å². The van der Waals surface area contributed by atoms with E-state index in [9.17, 15) is 5.11 Å². The molecule has 118 valence electrons. The molecule has 0 unspecified atom stereocenters. The van der Waals surface area contributed by atoms with Crippen molar-refractivity contribution in [2.24, 2.45) is 0 Å². The zero-order chi connectivity index (χ0) is 14.0. The van der Waals surface area contributed by atoms with Crippen molar-refractivity contribution in [3.8, 4) is 0 Å². The summed E-state index contributed by atoms with van der Waals surface area (Å²) >= 11 is 0. The van der Waals surface area contributed by atoms with Crippen LogP contribution < -0.4 is 5.32 Å². The fraction of sp³-hybridized carbons (Fsp3) is 1.00. The summed E-state index contributed by atoms with van der Waals surface area (Å²) in [5.74, 6) is 0. The monoisotopic (exact) mass is 281 g/mol. The minimum Gasteiger partial charge on any atom is -0.392 e. The number of hydrogen-bond donors (Lipinski definition) is 2. The minimum atomic E-state index is -0.0925. The number of nitrogens with one attached hydrogen (secondary N) is 1. The van der Waals surface area contributed by atoms with Gasteiger partial charge in [0, 0.05) is 12.1 Å². The Morgan fingerprint density at radius 1 is 0.550 bits per heavy atom. The Morgan fingerprint density at radius 2 is 1.00 bits per heavy atom. The van der Waals surface area contributed by atoms with Gasteiger partial charge in [0.05, 0.1) is 6.10 Å². The first-order valence-electron chi connectivity index (χ1n) is 9.30. The highest BCUT2D eigenvalue weighted by Crippen LogP contribution is 2.22. The van der Waals surface area contributed by atoms with Gasteiger partial charge in [-0.25, -0.2) is 0 Å². The van der Waals surface area contributed by atoms with Gasteiger partial charge in [0.25, 0.3) is 0 Å². The summed E-state index contributed by atoms with van der Waals surface area (Å²) in [5, 5.41) is 14.0. The summed E-state index contributed by atoms with van der Waals surface area (Å²) < 4.78 is 0. The maximum absolute atomic E-state index is 10.1. The summed E-state index contributed by atoms with van der Waals surface area (Å²) in [4.78, 5) is 0. The fourth-order valence-corrected chi connectivity index (χ4v) is 3.94. The van der Waals surface area contributed by atoms with Crippen LogP contribution in [0, 0.1) is 0 Å². The molecule has 0 aromatic rings. The SMILES string of the molecule is O[C@H]1CCCC[C@@H]1NC1CCCCCCCCCCC1. The highest BCUT2D eigenvalue weighted by molar-refractivity contribution is 4.83. The number of hydrogen-bond acceptors (Lipinski definition) is 2. The molecule has 0 aromatic carbocycles. The van der Waals surface area contributed by atoms with Gasteiger partial charge in [0.15, 0.2) is 0 Å². The predicted molar refractivity (Wildman–Crippen MR) is 86.0 cm³/mol. The van der Waals surface area contributed by atoms with Crippen molar-refractivity contribution in [2.45, 2.75) is 114 Å². The van der Waals surface area contributed by atoms with Crippen LogP contribution in [0.4, 0.5) is 0 Å². The molecule has 0 spiro atoms. The quantitative estimate of drug-likeness (QED) is 0.778. The molecule has 0 saturated heterocycles. The van der Waals surface area contributed by atoms with Crippen molar-refractivity contribution >= 4 is 0 Å². The number of aliphatic hydroxyl groups excluding tert-OH is 1. The van der Waals surface area contributed by atoms with E-state index >= 15 is 0 Å². The van der Waals surface area contributed by atoms with Gasteiger partial charge >= 0.3 is 0 Å². The zero-order valence-corrected chi connectivity index (χ0v) is 13.3. The lowest BCUT2D eigenvalue weighted by Crippen LogP contribution is -2.47. The smallest absolute Gasteiger partial charge is 0.0693 e. The fourth-order valence-electron chi connectivity index (χ4n) is 3.94. The lowest BCUT2D eigenvalue weighted by molar-refractivity contribution is 0.0829. The molecular formula is C18H35NO. The molecule has 0 aromatic heterocycles. The summed E-state index contributed by atoms with van der Waals surface area (Å²) in [6.45, 7) is 0. The van der Waals surface area contributed by atoms with Crippen molar-refractivity contribution in [3.63, 3.8) is 0 Å². The molecule has 0 aliphatic heterocycles. The van der Waals surface area contributed by atoms with Crippen LogP contribution in [0.5, 0.6) is 0 Å². The average molecular weight is 281 g/mol. The molecule has 2 heteroatoms. The van der Waals surface area contributed by atoms with Crippen molar-refractivity contribution in [1.82, 2.24) is 5.32 Å². The van der Waals surface area contributed by atoms with Gasteiger partial charge in [-0.05, 0) is 25.7 Å². The zero-order valence-electron chi connectivity index (χ0n) is 13.3. The molecule has 2 N–H and O–H groups in total. The molecule has 2 nitrogen and oxygen atoms in total. The van der Waals surface area contributed by atoms with Crippen LogP contribution >= 0.6 is 0 Å². The minimum absolute atomic E-state index is 0.0925. The highest BCUT2D eigenvalue weighted by atomic mass is 16.3. The third-order valence-electron chi connectivity index (χ3n) is 5.28. The van der Waals surface area contributed by atoms with E-state index in [2.05, 4.69) is 5.32 Å². The Balaban J connectivity index is 1.75. The van der Waals surface area contributed by atoms with E-state index in [1.54, 1.807) is 0 Å². The lowest BCUT2D eigenvalue weighted by Gasteiger charge is -2.32. The van der Waals surface area contributed by atoms with Crippen LogP contribution in [0.2, 0.25) is 0 Å². The highest BCUT2D eigenvalue weighted by Gasteiger charge is 2.24. The molecule has 0 heterocycles. The normalized spacial score (nSPS) is 32.2. The van der Waals surface area contributed by atoms with Crippen molar-refractivity contribution in [1.29, 1.82) is 0 Å². The second-order valence-corrected chi connectivity index (χ2v) is 7.08. The van der Waals surface area contributed by atoms with Gasteiger partial charge in [-0.3, -0.25) is 0 Å². The molecular weight excluding hydrogens is 246 g/mol. The largest absolute Gasteiger partial charge is 0.392 e. The molecule has 2 fully saturated rings. The van der Waals surface area contributed by atoms with Gasteiger partial charge in [0.2, 0.25) is 0 Å². The third-order valence-corrected chi connectivity index (χ3v) is 5.28. The van der Waals surface area contributed by atoms with E-state index in [0.717, 1.165) is 6.42 Å². The first-order valence-corrected chi connectivity index (χ1v) is 9.30. The van der Waals surface area contributed by atoms with Crippen molar-refractivity contribution < 1.29 is 5.11 Å². The van der Waals surface area contributed by atoms with Gasteiger partial charge in [0.1, 0.15) is 0 Å². The topological polar surface area (TPSA) is 32.3 Å². The Hall–Kier alpha value is -0.0800. The van der Waals surface area contributed by atoms with Crippen LogP contribution in [-0.2, 0) is 0 Å². The molecule has 2 saturated carbocycles. The average Bonchev–Trinajstić information content (AvgIpc) is 2.44. The van der Waals surface area contributed by atoms with Gasteiger partial charge in [-0.1, -0.05) is 70.6 Å². The van der Waals surface area contributed by atoms with E-state index in [-0.39, 0.29) is 6.10 Å². The number of rotatable bonds is 2. The van der Waals surface area contributed by atoms with Gasteiger partial charge in [-0.2, -0.15) is 0 Å². The Bertz CT molecular complexity index is 232. The summed E-state index contributed by atoms with van der Waals surface area (Å²) in [6, 6.07) is 1.04. The molecule has 2 rings (SSSR count).